The number of carbonyl (C=O) groups is 3. The van der Waals surface area contributed by atoms with Crippen molar-refractivity contribution in [1.29, 1.82) is 0 Å². The lowest BCUT2D eigenvalue weighted by Crippen LogP contribution is -2.44. The highest BCUT2D eigenvalue weighted by atomic mass is 16.6. The molecule has 1 aliphatic rings. The van der Waals surface area contributed by atoms with Crippen LogP contribution in [0.3, 0.4) is 0 Å². The number of likely N-dealkylation sites (tertiary alicyclic amines) is 1. The molecule has 1 fully saturated rings. The lowest BCUT2D eigenvalue weighted by molar-refractivity contribution is -0.139. The average Bonchev–Trinajstić information content (AvgIpc) is 3.49. The lowest BCUT2D eigenvalue weighted by atomic mass is 10.1. The summed E-state index contributed by atoms with van der Waals surface area (Å²) in [6.45, 7) is 7.54. The van der Waals surface area contributed by atoms with Crippen molar-refractivity contribution in [3.8, 4) is 17.1 Å². The minimum absolute atomic E-state index is 0.0269. The predicted octanol–water partition coefficient (Wildman–Crippen LogP) is 4.53. The molecule has 10 heteroatoms. The highest BCUT2D eigenvalue weighted by Crippen LogP contribution is 2.27. The third-order valence-electron chi connectivity index (χ3n) is 5.47. The van der Waals surface area contributed by atoms with Gasteiger partial charge in [-0.2, -0.15) is 0 Å². The number of carbonyl (C=O) groups excluding carboxylic acids is 3. The van der Waals surface area contributed by atoms with E-state index in [1.54, 1.807) is 27.7 Å². The van der Waals surface area contributed by atoms with E-state index in [4.69, 9.17) is 23.0 Å². The Kier molecular flexibility index (Phi) is 6.87. The molecule has 3 aromatic rings. The maximum Gasteiger partial charge on any atom is 0.411 e. The Morgan fingerprint density at radius 3 is 2.64 bits per heavy atom. The summed E-state index contributed by atoms with van der Waals surface area (Å²) in [5, 5.41) is 0.234. The van der Waals surface area contributed by atoms with Gasteiger partial charge in [-0.05, 0) is 64.8 Å². The summed E-state index contributed by atoms with van der Waals surface area (Å²) in [6, 6.07) is 6.51. The second-order valence-corrected chi connectivity index (χ2v) is 9.27. The molecule has 190 valence electrons. The van der Waals surface area contributed by atoms with Gasteiger partial charge in [0.25, 0.3) is 0 Å². The standard InChI is InChI=1S/C26H27NO9/c1-5-32-24(30)20-11-10-19(35-20)17-14-33-21-13-15(8-9-16(21)22(17)28)34-23(29)18-7-6-12-27(18)25(31)36-26(2,3)4/h8-11,13-14,18H,5-7,12H2,1-4H3/t18-/m0/s1. The normalized spacial score (nSPS) is 15.7. The number of hydrogen-bond donors (Lipinski definition) is 0. The molecule has 0 bridgehead atoms. The van der Waals surface area contributed by atoms with Crippen LogP contribution in [0.1, 0.15) is 51.1 Å². The third-order valence-corrected chi connectivity index (χ3v) is 5.47. The van der Waals surface area contributed by atoms with Crippen molar-refractivity contribution >= 4 is 29.0 Å². The molecule has 1 atom stereocenters. The van der Waals surface area contributed by atoms with Crippen molar-refractivity contribution in [3.05, 3.63) is 52.6 Å². The van der Waals surface area contributed by atoms with Crippen LogP contribution in [0, 0.1) is 0 Å². The minimum Gasteiger partial charge on any atom is -0.463 e. The van der Waals surface area contributed by atoms with Crippen LogP contribution >= 0.6 is 0 Å². The fraction of sp³-hybridized carbons (Fsp3) is 0.385. The zero-order valence-corrected chi connectivity index (χ0v) is 20.5. The molecule has 0 unspecified atom stereocenters. The van der Waals surface area contributed by atoms with E-state index in [9.17, 15) is 19.2 Å². The van der Waals surface area contributed by atoms with Gasteiger partial charge < -0.3 is 23.0 Å². The molecular weight excluding hydrogens is 470 g/mol. The number of rotatable bonds is 5. The first-order valence-corrected chi connectivity index (χ1v) is 11.6. The molecule has 1 aliphatic heterocycles. The topological polar surface area (TPSA) is 125 Å². The van der Waals surface area contributed by atoms with Crippen molar-refractivity contribution < 1.29 is 37.4 Å². The summed E-state index contributed by atoms with van der Waals surface area (Å²) in [6.07, 6.45) is 1.76. The number of fused-ring (bicyclic) bond motifs is 1. The number of ether oxygens (including phenoxy) is 3. The predicted molar refractivity (Wildman–Crippen MR) is 128 cm³/mol. The molecule has 0 N–H and O–H groups in total. The van der Waals surface area contributed by atoms with Crippen LogP contribution in [0.4, 0.5) is 4.79 Å². The maximum absolute atomic E-state index is 13.0. The van der Waals surface area contributed by atoms with E-state index in [1.807, 2.05) is 0 Å². The molecule has 0 saturated carbocycles. The summed E-state index contributed by atoms with van der Waals surface area (Å²) in [5.41, 5.74) is -0.743. The minimum atomic E-state index is -0.766. The van der Waals surface area contributed by atoms with Gasteiger partial charge in [0.05, 0.1) is 12.0 Å². The highest BCUT2D eigenvalue weighted by Gasteiger charge is 2.38. The van der Waals surface area contributed by atoms with E-state index in [1.165, 1.54) is 41.5 Å². The fourth-order valence-electron chi connectivity index (χ4n) is 3.87. The van der Waals surface area contributed by atoms with Crippen LogP contribution in [0.25, 0.3) is 22.3 Å². The van der Waals surface area contributed by atoms with E-state index in [2.05, 4.69) is 0 Å². The molecular formula is C26H27NO9. The van der Waals surface area contributed by atoms with E-state index in [0.29, 0.717) is 19.4 Å². The number of hydrogen-bond acceptors (Lipinski definition) is 9. The van der Waals surface area contributed by atoms with Crippen molar-refractivity contribution in [2.75, 3.05) is 13.2 Å². The fourth-order valence-corrected chi connectivity index (χ4v) is 3.87. The van der Waals surface area contributed by atoms with Gasteiger partial charge in [-0.15, -0.1) is 0 Å². The van der Waals surface area contributed by atoms with Gasteiger partial charge in [0, 0.05) is 12.6 Å². The van der Waals surface area contributed by atoms with E-state index in [-0.39, 0.29) is 45.8 Å². The van der Waals surface area contributed by atoms with Crippen molar-refractivity contribution in [3.63, 3.8) is 0 Å². The molecule has 2 aromatic heterocycles. The quantitative estimate of drug-likeness (QED) is 0.369. The molecule has 0 radical (unpaired) electrons. The Bertz CT molecular complexity index is 1360. The summed E-state index contributed by atoms with van der Waals surface area (Å²) in [7, 11) is 0. The van der Waals surface area contributed by atoms with Gasteiger partial charge in [-0.25, -0.2) is 14.4 Å². The van der Waals surface area contributed by atoms with Gasteiger partial charge in [0.2, 0.25) is 11.2 Å². The molecule has 3 heterocycles. The van der Waals surface area contributed by atoms with Crippen molar-refractivity contribution in [2.24, 2.45) is 0 Å². The third kappa shape index (κ3) is 5.27. The number of benzene rings is 1. The van der Waals surface area contributed by atoms with Gasteiger partial charge >= 0.3 is 18.0 Å². The highest BCUT2D eigenvalue weighted by molar-refractivity contribution is 5.88. The largest absolute Gasteiger partial charge is 0.463 e. The summed E-state index contributed by atoms with van der Waals surface area (Å²) in [4.78, 5) is 51.5. The first-order valence-electron chi connectivity index (χ1n) is 11.6. The lowest BCUT2D eigenvalue weighted by Gasteiger charge is -2.27. The molecule has 0 spiro atoms. The molecule has 0 aliphatic carbocycles. The van der Waals surface area contributed by atoms with Gasteiger partial charge in [0.1, 0.15) is 40.6 Å². The van der Waals surface area contributed by atoms with E-state index >= 15 is 0 Å². The average molecular weight is 498 g/mol. The van der Waals surface area contributed by atoms with Crippen LogP contribution in [-0.2, 0) is 14.3 Å². The zero-order chi connectivity index (χ0) is 26.0. The molecule has 4 rings (SSSR count). The Morgan fingerprint density at radius 2 is 1.92 bits per heavy atom. The summed E-state index contributed by atoms with van der Waals surface area (Å²) in [5.74, 6) is -0.928. The Hall–Kier alpha value is -4.08. The monoisotopic (exact) mass is 497 g/mol. The van der Waals surface area contributed by atoms with Crippen LogP contribution in [0.15, 0.2) is 50.2 Å². The van der Waals surface area contributed by atoms with Crippen molar-refractivity contribution in [2.45, 2.75) is 52.2 Å². The second kappa shape index (κ2) is 9.88. The Morgan fingerprint density at radius 1 is 1.14 bits per heavy atom. The zero-order valence-electron chi connectivity index (χ0n) is 20.5. The van der Waals surface area contributed by atoms with E-state index < -0.39 is 29.7 Å². The summed E-state index contributed by atoms with van der Waals surface area (Å²) < 4.78 is 26.9. The smallest absolute Gasteiger partial charge is 0.411 e. The van der Waals surface area contributed by atoms with Gasteiger partial charge in [0.15, 0.2) is 0 Å². The van der Waals surface area contributed by atoms with Crippen LogP contribution in [0.5, 0.6) is 5.75 Å². The van der Waals surface area contributed by atoms with Crippen LogP contribution < -0.4 is 10.2 Å². The number of esters is 2. The SMILES string of the molecule is CCOC(=O)c1ccc(-c2coc3cc(OC(=O)[C@@H]4CCCN4C(=O)OC(C)(C)C)ccc3c2=O)o1. The maximum atomic E-state index is 13.0. The number of furan rings is 1. The first kappa shape index (κ1) is 25.0. The van der Waals surface area contributed by atoms with E-state index in [0.717, 1.165) is 0 Å². The Balaban J connectivity index is 1.52. The molecule has 1 amide bonds. The summed E-state index contributed by atoms with van der Waals surface area (Å²) >= 11 is 0. The second-order valence-electron chi connectivity index (χ2n) is 9.27. The number of nitrogens with zero attached hydrogens (tertiary/aromatic N) is 1. The van der Waals surface area contributed by atoms with Crippen LogP contribution in [0.2, 0.25) is 0 Å². The molecule has 36 heavy (non-hydrogen) atoms. The molecule has 1 saturated heterocycles. The number of amides is 1. The van der Waals surface area contributed by atoms with Gasteiger partial charge in [-0.3, -0.25) is 9.69 Å². The van der Waals surface area contributed by atoms with Crippen molar-refractivity contribution in [1.82, 2.24) is 4.90 Å². The molecule has 1 aromatic carbocycles. The van der Waals surface area contributed by atoms with Crippen LogP contribution in [-0.4, -0.2) is 47.7 Å². The Labute approximate surface area is 206 Å². The molecule has 10 nitrogen and oxygen atoms in total. The first-order chi connectivity index (χ1) is 17.1. The van der Waals surface area contributed by atoms with Gasteiger partial charge in [-0.1, -0.05) is 0 Å².